The van der Waals surface area contributed by atoms with Gasteiger partial charge in [0.15, 0.2) is 0 Å². The van der Waals surface area contributed by atoms with Crippen LogP contribution in [0.5, 0.6) is 0 Å². The maximum Gasteiger partial charge on any atom is 0.303 e. The average molecular weight is 566 g/mol. The minimum atomic E-state index is -0.653. The van der Waals surface area contributed by atoms with Gasteiger partial charge in [0, 0.05) is 12.8 Å². The summed E-state index contributed by atoms with van der Waals surface area (Å²) in [4.78, 5) is 21.2. The van der Waals surface area contributed by atoms with Gasteiger partial charge in [-0.15, -0.1) is 0 Å². The predicted molar refractivity (Wildman–Crippen MR) is 174 cm³/mol. The van der Waals surface area contributed by atoms with Gasteiger partial charge in [0.25, 0.3) is 0 Å². The number of hydrogen-bond acceptors (Lipinski definition) is 2. The zero-order valence-corrected chi connectivity index (χ0v) is 26.9. The highest BCUT2D eigenvalue weighted by Crippen LogP contribution is 2.17. The lowest BCUT2D eigenvalue weighted by molar-refractivity contribution is -0.137. The summed E-state index contributed by atoms with van der Waals surface area (Å²) in [6, 6.07) is 0. The molecule has 0 aromatic rings. The number of carbonyl (C=O) groups is 2. The molecule has 0 fully saturated rings. The van der Waals surface area contributed by atoms with Crippen molar-refractivity contribution >= 4 is 11.9 Å². The van der Waals surface area contributed by atoms with Crippen molar-refractivity contribution < 1.29 is 14.7 Å². The second-order valence-corrected chi connectivity index (χ2v) is 12.7. The van der Waals surface area contributed by atoms with Crippen LogP contribution in [0.1, 0.15) is 218 Å². The third-order valence-corrected chi connectivity index (χ3v) is 8.56. The second-order valence-electron chi connectivity index (χ2n) is 12.7. The third-order valence-electron chi connectivity index (χ3n) is 8.56. The maximum absolute atomic E-state index is 10.7. The van der Waals surface area contributed by atoms with Gasteiger partial charge in [-0.05, 0) is 12.8 Å². The zero-order valence-electron chi connectivity index (χ0n) is 26.9. The Morgan fingerprint density at radius 3 is 0.600 bits per heavy atom. The molecule has 0 heterocycles. The Bertz CT molecular complexity index is 476. The Kier molecular flexibility index (Phi) is 33.2. The number of aliphatic carboxylic acids is 1. The van der Waals surface area contributed by atoms with Gasteiger partial charge in [-0.2, -0.15) is 0 Å². The summed E-state index contributed by atoms with van der Waals surface area (Å²) in [5.41, 5.74) is 5.17. The highest BCUT2D eigenvalue weighted by molar-refractivity contribution is 5.73. The van der Waals surface area contributed by atoms with Crippen molar-refractivity contribution in [1.82, 2.24) is 0 Å². The van der Waals surface area contributed by atoms with E-state index in [0.29, 0.717) is 12.8 Å². The van der Waals surface area contributed by atoms with E-state index in [1.54, 1.807) is 0 Å². The largest absolute Gasteiger partial charge is 0.481 e. The minimum absolute atomic E-state index is 0.154. The Labute approximate surface area is 250 Å². The molecular formula is C36H71NO3. The van der Waals surface area contributed by atoms with Gasteiger partial charge in [-0.25, -0.2) is 0 Å². The summed E-state index contributed by atoms with van der Waals surface area (Å²) < 4.78 is 0. The van der Waals surface area contributed by atoms with Crippen LogP contribution < -0.4 is 5.73 Å². The molecule has 0 atom stereocenters. The zero-order chi connectivity index (χ0) is 29.2. The van der Waals surface area contributed by atoms with Crippen molar-refractivity contribution in [3.8, 4) is 0 Å². The number of carboxylic acid groups (broad SMARTS) is 1. The van der Waals surface area contributed by atoms with Crippen LogP contribution in [0, 0.1) is 0 Å². The first-order valence-electron chi connectivity index (χ1n) is 18.1. The summed E-state index contributed by atoms with van der Waals surface area (Å²) in [6.07, 6.45) is 44.2. The number of unbranched alkanes of at least 4 members (excludes halogenated alkanes) is 31. The van der Waals surface area contributed by atoms with E-state index >= 15 is 0 Å². The molecule has 0 spiro atoms. The molecule has 1 amide bonds. The summed E-state index contributed by atoms with van der Waals surface area (Å²) >= 11 is 0. The average Bonchev–Trinajstić information content (AvgIpc) is 2.93. The van der Waals surface area contributed by atoms with Gasteiger partial charge in [0.1, 0.15) is 0 Å². The molecule has 0 unspecified atom stereocenters. The SMILES string of the molecule is NC(=O)CCCCCCCCCCCCCCCCCCCCCCCCCCCCCCCCCCC(=O)O. The molecule has 0 aromatic heterocycles. The van der Waals surface area contributed by atoms with E-state index in [0.717, 1.165) is 25.7 Å². The molecule has 0 aromatic carbocycles. The van der Waals surface area contributed by atoms with E-state index in [-0.39, 0.29) is 5.91 Å². The topological polar surface area (TPSA) is 80.4 Å². The fraction of sp³-hybridized carbons (Fsp3) is 0.944. The third kappa shape index (κ3) is 36.9. The van der Waals surface area contributed by atoms with Crippen molar-refractivity contribution in [3.05, 3.63) is 0 Å². The quantitative estimate of drug-likeness (QED) is 0.0750. The molecule has 0 radical (unpaired) electrons. The Morgan fingerprint density at radius 2 is 0.450 bits per heavy atom. The van der Waals surface area contributed by atoms with Crippen molar-refractivity contribution in [1.29, 1.82) is 0 Å². The molecule has 0 aliphatic carbocycles. The minimum Gasteiger partial charge on any atom is -0.481 e. The van der Waals surface area contributed by atoms with Crippen molar-refractivity contribution in [2.45, 2.75) is 218 Å². The van der Waals surface area contributed by atoms with E-state index < -0.39 is 5.97 Å². The highest BCUT2D eigenvalue weighted by Gasteiger charge is 1.99. The van der Waals surface area contributed by atoms with Crippen molar-refractivity contribution in [3.63, 3.8) is 0 Å². The molecule has 0 bridgehead atoms. The van der Waals surface area contributed by atoms with Gasteiger partial charge in [0.2, 0.25) is 5.91 Å². The Morgan fingerprint density at radius 1 is 0.300 bits per heavy atom. The van der Waals surface area contributed by atoms with Crippen LogP contribution in [0.15, 0.2) is 0 Å². The first-order valence-corrected chi connectivity index (χ1v) is 18.1. The second kappa shape index (κ2) is 34.1. The van der Waals surface area contributed by atoms with Gasteiger partial charge in [-0.3, -0.25) is 9.59 Å². The predicted octanol–water partition coefficient (Wildman–Crippen LogP) is 11.8. The van der Waals surface area contributed by atoms with Crippen LogP contribution in [0.4, 0.5) is 0 Å². The molecule has 0 aliphatic rings. The molecule has 40 heavy (non-hydrogen) atoms. The normalized spacial score (nSPS) is 11.3. The standard InChI is InChI=1S/C36H71NO3/c37-35(38)33-31-29-27-25-23-21-19-17-15-13-11-9-7-5-3-1-2-4-6-8-10-12-14-16-18-20-22-24-26-28-30-32-34-36(39)40/h1-34H2,(H2,37,38)(H,39,40). The molecule has 3 N–H and O–H groups in total. The van der Waals surface area contributed by atoms with E-state index in [1.807, 2.05) is 0 Å². The van der Waals surface area contributed by atoms with Crippen LogP contribution in [0.25, 0.3) is 0 Å². The first-order chi connectivity index (χ1) is 19.6. The molecule has 4 heteroatoms. The number of rotatable bonds is 35. The molecule has 0 saturated heterocycles. The van der Waals surface area contributed by atoms with E-state index in [9.17, 15) is 9.59 Å². The van der Waals surface area contributed by atoms with Gasteiger partial charge < -0.3 is 10.8 Å². The number of hydrogen-bond donors (Lipinski definition) is 2. The molecule has 4 nitrogen and oxygen atoms in total. The number of amides is 1. The molecule has 238 valence electrons. The van der Waals surface area contributed by atoms with Crippen LogP contribution >= 0.6 is 0 Å². The van der Waals surface area contributed by atoms with Crippen molar-refractivity contribution in [2.75, 3.05) is 0 Å². The number of carbonyl (C=O) groups excluding carboxylic acids is 1. The molecular weight excluding hydrogens is 494 g/mol. The van der Waals surface area contributed by atoms with E-state index in [1.165, 1.54) is 180 Å². The van der Waals surface area contributed by atoms with Crippen LogP contribution in [-0.4, -0.2) is 17.0 Å². The van der Waals surface area contributed by atoms with Crippen LogP contribution in [0.3, 0.4) is 0 Å². The molecule has 0 saturated carbocycles. The monoisotopic (exact) mass is 566 g/mol. The number of nitrogens with two attached hydrogens (primary N) is 1. The van der Waals surface area contributed by atoms with E-state index in [4.69, 9.17) is 10.8 Å². The summed E-state index contributed by atoms with van der Waals surface area (Å²) in [5, 5.41) is 8.63. The van der Waals surface area contributed by atoms with Gasteiger partial charge >= 0.3 is 5.97 Å². The van der Waals surface area contributed by atoms with Crippen molar-refractivity contribution in [2.24, 2.45) is 5.73 Å². The molecule has 0 rings (SSSR count). The number of carboxylic acids is 1. The smallest absolute Gasteiger partial charge is 0.303 e. The summed E-state index contributed by atoms with van der Waals surface area (Å²) in [7, 11) is 0. The maximum atomic E-state index is 10.7. The van der Waals surface area contributed by atoms with Crippen LogP contribution in [-0.2, 0) is 9.59 Å². The number of primary amides is 1. The Hall–Kier alpha value is -1.06. The lowest BCUT2D eigenvalue weighted by Crippen LogP contribution is -2.09. The first kappa shape index (κ1) is 38.9. The highest BCUT2D eigenvalue weighted by atomic mass is 16.4. The van der Waals surface area contributed by atoms with Gasteiger partial charge in [-0.1, -0.05) is 193 Å². The summed E-state index contributed by atoms with van der Waals surface area (Å²) in [6.45, 7) is 0. The van der Waals surface area contributed by atoms with Gasteiger partial charge in [0.05, 0.1) is 0 Å². The van der Waals surface area contributed by atoms with E-state index in [2.05, 4.69) is 0 Å². The van der Waals surface area contributed by atoms with Crippen LogP contribution in [0.2, 0.25) is 0 Å². The fourth-order valence-electron chi connectivity index (χ4n) is 5.88. The summed E-state index contributed by atoms with van der Waals surface area (Å²) in [5.74, 6) is -0.807. The fourth-order valence-corrected chi connectivity index (χ4v) is 5.88. The Balaban J connectivity index is 3.04. The lowest BCUT2D eigenvalue weighted by Gasteiger charge is -2.05. The molecule has 0 aliphatic heterocycles. The lowest BCUT2D eigenvalue weighted by atomic mass is 10.0.